The van der Waals surface area contributed by atoms with Gasteiger partial charge in [-0.1, -0.05) is 127 Å². The second-order valence-electron chi connectivity index (χ2n) is 16.1. The molecule has 67 heavy (non-hydrogen) atoms. The number of fused-ring (bicyclic) bond motifs is 2. The highest BCUT2D eigenvalue weighted by molar-refractivity contribution is 5.90. The van der Waals surface area contributed by atoms with Gasteiger partial charge >= 0.3 is 23.9 Å². The standard InChI is InChI=1S/C52H50O15/c1-33(53)27-28-40(54)63-44-43(59-30-35-19-9-3-10-20-35)45(50(57)60-31-36-21-11-4-12-22-36)67-52(47(44)65-49(56)38-25-15-6-16-26-38)66-41-39-32-61-51(62-39)46(64-48(55)37-23-13-5-14-24-37)42(41)58-29-34-17-7-2-8-18-34/h2-26,39,41-47,51-52H,27-32H2,1H3/t39-,41-,42+,43+,44+,45+,46-,47-,51-,52-/m1/s1. The molecule has 0 N–H and O–H groups in total. The number of benzene rings is 5. The van der Waals surface area contributed by atoms with Gasteiger partial charge < -0.3 is 52.2 Å². The van der Waals surface area contributed by atoms with Gasteiger partial charge in [-0.25, -0.2) is 14.4 Å². The minimum atomic E-state index is -1.75. The summed E-state index contributed by atoms with van der Waals surface area (Å²) >= 11 is 0. The summed E-state index contributed by atoms with van der Waals surface area (Å²) in [5, 5.41) is 0. The minimum Gasteiger partial charge on any atom is -0.459 e. The summed E-state index contributed by atoms with van der Waals surface area (Å²) in [6.45, 7) is 1.06. The molecule has 15 heteroatoms. The zero-order chi connectivity index (χ0) is 46.5. The van der Waals surface area contributed by atoms with Crippen molar-refractivity contribution in [2.45, 2.75) is 101 Å². The molecule has 3 saturated heterocycles. The normalized spacial score (nSPS) is 25.3. The minimum absolute atomic E-state index is 0.0301. The Morgan fingerprint density at radius 1 is 0.507 bits per heavy atom. The van der Waals surface area contributed by atoms with E-state index in [2.05, 4.69) is 0 Å². The highest BCUT2D eigenvalue weighted by Gasteiger charge is 2.59. The molecule has 0 aromatic heterocycles. The van der Waals surface area contributed by atoms with E-state index in [1.54, 1.807) is 97.1 Å². The van der Waals surface area contributed by atoms with E-state index in [-0.39, 0.29) is 56.2 Å². The maximum Gasteiger partial charge on any atom is 0.338 e. The van der Waals surface area contributed by atoms with Crippen LogP contribution in [-0.4, -0.2) is 97.7 Å². The first kappa shape index (κ1) is 46.9. The SMILES string of the molecule is CC(=O)CCC(=O)O[C@@H]1[C@@H](OC(=O)c2ccccc2)[C@H](O[C@H]2[C@H](OCc3ccccc3)[C@@H](OC(=O)c3ccccc3)[C@@H]3OC[C@H]2O3)O[C@H](C(=O)OCc2ccccc2)[C@H]1OCc1ccccc1. The number of carbonyl (C=O) groups excluding carboxylic acids is 5. The van der Waals surface area contributed by atoms with E-state index in [4.69, 9.17) is 47.4 Å². The van der Waals surface area contributed by atoms with Gasteiger partial charge in [-0.15, -0.1) is 0 Å². The molecular weight excluding hydrogens is 865 g/mol. The molecule has 3 aliphatic rings. The van der Waals surface area contributed by atoms with Crippen molar-refractivity contribution >= 4 is 29.7 Å². The largest absolute Gasteiger partial charge is 0.459 e. The summed E-state index contributed by atoms with van der Waals surface area (Å²) in [5.41, 5.74) is 2.56. The Morgan fingerprint density at radius 3 is 1.54 bits per heavy atom. The molecule has 0 radical (unpaired) electrons. The first-order chi connectivity index (χ1) is 32.7. The van der Waals surface area contributed by atoms with Crippen molar-refractivity contribution in [3.05, 3.63) is 179 Å². The smallest absolute Gasteiger partial charge is 0.338 e. The van der Waals surface area contributed by atoms with Gasteiger partial charge in [-0.05, 0) is 47.9 Å². The van der Waals surface area contributed by atoms with Gasteiger partial charge in [-0.3, -0.25) is 4.79 Å². The molecule has 3 heterocycles. The predicted octanol–water partition coefficient (Wildman–Crippen LogP) is 6.50. The van der Waals surface area contributed by atoms with Crippen LogP contribution in [0.1, 0.15) is 57.2 Å². The Balaban J connectivity index is 1.19. The Morgan fingerprint density at radius 2 is 1.00 bits per heavy atom. The van der Waals surface area contributed by atoms with Crippen LogP contribution in [0.4, 0.5) is 0 Å². The summed E-state index contributed by atoms with van der Waals surface area (Å²) in [4.78, 5) is 68.2. The fourth-order valence-electron chi connectivity index (χ4n) is 7.89. The molecule has 0 amide bonds. The van der Waals surface area contributed by atoms with Crippen LogP contribution in [0, 0.1) is 0 Å². The van der Waals surface area contributed by atoms with E-state index in [1.807, 2.05) is 42.5 Å². The van der Waals surface area contributed by atoms with E-state index in [1.165, 1.54) is 19.1 Å². The van der Waals surface area contributed by atoms with Crippen molar-refractivity contribution in [3.63, 3.8) is 0 Å². The molecule has 3 fully saturated rings. The highest BCUT2D eigenvalue weighted by Crippen LogP contribution is 2.39. The van der Waals surface area contributed by atoms with E-state index in [9.17, 15) is 24.0 Å². The van der Waals surface area contributed by atoms with Crippen molar-refractivity contribution in [3.8, 4) is 0 Å². The molecule has 15 nitrogen and oxygen atoms in total. The third-order valence-corrected chi connectivity index (χ3v) is 11.3. The first-order valence-corrected chi connectivity index (χ1v) is 22.0. The predicted molar refractivity (Wildman–Crippen MR) is 236 cm³/mol. The fourth-order valence-corrected chi connectivity index (χ4v) is 7.89. The van der Waals surface area contributed by atoms with E-state index in [0.29, 0.717) is 11.1 Å². The zero-order valence-electron chi connectivity index (χ0n) is 36.6. The summed E-state index contributed by atoms with van der Waals surface area (Å²) in [6, 6.07) is 43.7. The third kappa shape index (κ3) is 12.3. The quantitative estimate of drug-likeness (QED) is 0.0648. The van der Waals surface area contributed by atoms with Crippen LogP contribution in [0.3, 0.4) is 0 Å². The lowest BCUT2D eigenvalue weighted by Crippen LogP contribution is -2.66. The van der Waals surface area contributed by atoms with Crippen LogP contribution < -0.4 is 0 Å². The summed E-state index contributed by atoms with van der Waals surface area (Å²) in [7, 11) is 0. The highest BCUT2D eigenvalue weighted by atomic mass is 16.8. The second-order valence-corrected chi connectivity index (χ2v) is 16.1. The maximum atomic E-state index is 14.5. The summed E-state index contributed by atoms with van der Waals surface area (Å²) in [6.07, 6.45) is -14.2. The Labute approximate surface area is 387 Å². The molecule has 2 bridgehead atoms. The van der Waals surface area contributed by atoms with Gasteiger partial charge in [0.25, 0.3) is 0 Å². The molecule has 0 saturated carbocycles. The van der Waals surface area contributed by atoms with E-state index in [0.717, 1.165) is 5.56 Å². The number of ketones is 1. The summed E-state index contributed by atoms with van der Waals surface area (Å²) < 4.78 is 63.2. The number of ether oxygens (including phenoxy) is 10. The van der Waals surface area contributed by atoms with Gasteiger partial charge in [0, 0.05) is 6.42 Å². The molecule has 0 unspecified atom stereocenters. The average molecular weight is 915 g/mol. The Hall–Kier alpha value is -6.59. The molecule has 10 atom stereocenters. The average Bonchev–Trinajstić information content (AvgIpc) is 3.81. The van der Waals surface area contributed by atoms with Gasteiger partial charge in [0.05, 0.1) is 37.4 Å². The third-order valence-electron chi connectivity index (χ3n) is 11.3. The van der Waals surface area contributed by atoms with Crippen molar-refractivity contribution in [1.29, 1.82) is 0 Å². The molecule has 8 rings (SSSR count). The van der Waals surface area contributed by atoms with Gasteiger partial charge in [0.15, 0.2) is 37.0 Å². The van der Waals surface area contributed by atoms with Crippen molar-refractivity contribution in [2.24, 2.45) is 0 Å². The molecule has 0 aliphatic carbocycles. The van der Waals surface area contributed by atoms with Crippen molar-refractivity contribution < 1.29 is 71.3 Å². The number of esters is 4. The van der Waals surface area contributed by atoms with Crippen LogP contribution in [-0.2, 0) is 81.6 Å². The molecule has 3 aliphatic heterocycles. The topological polar surface area (TPSA) is 178 Å². The van der Waals surface area contributed by atoms with Crippen molar-refractivity contribution in [2.75, 3.05) is 6.61 Å². The number of hydrogen-bond donors (Lipinski definition) is 0. The Bertz CT molecular complexity index is 2400. The van der Waals surface area contributed by atoms with Crippen LogP contribution in [0.15, 0.2) is 152 Å². The lowest BCUT2D eigenvalue weighted by Gasteiger charge is -2.47. The second kappa shape index (κ2) is 22.7. The number of carbonyl (C=O) groups is 5. The Kier molecular flexibility index (Phi) is 15.9. The van der Waals surface area contributed by atoms with Gasteiger partial charge in [-0.2, -0.15) is 0 Å². The molecule has 348 valence electrons. The molecule has 5 aromatic carbocycles. The van der Waals surface area contributed by atoms with Crippen LogP contribution in [0.2, 0.25) is 0 Å². The van der Waals surface area contributed by atoms with Gasteiger partial charge in [0.2, 0.25) is 0 Å². The monoisotopic (exact) mass is 914 g/mol. The zero-order valence-corrected chi connectivity index (χ0v) is 36.6. The molecule has 0 spiro atoms. The van der Waals surface area contributed by atoms with Crippen molar-refractivity contribution in [1.82, 2.24) is 0 Å². The maximum absolute atomic E-state index is 14.5. The van der Waals surface area contributed by atoms with Gasteiger partial charge in [0.1, 0.15) is 36.8 Å². The number of Topliss-reactive ketones (excluding diaryl/α,β-unsaturated/α-hetero) is 1. The number of hydrogen-bond acceptors (Lipinski definition) is 15. The van der Waals surface area contributed by atoms with Crippen LogP contribution in [0.25, 0.3) is 0 Å². The first-order valence-electron chi connectivity index (χ1n) is 22.0. The van der Waals surface area contributed by atoms with Crippen LogP contribution in [0.5, 0.6) is 0 Å². The molecular formula is C52H50O15. The molecule has 5 aromatic rings. The lowest BCUT2D eigenvalue weighted by atomic mass is 9.96. The number of rotatable bonds is 19. The lowest BCUT2D eigenvalue weighted by molar-refractivity contribution is -0.339. The fraction of sp³-hybridized carbons (Fsp3) is 0.327. The van der Waals surface area contributed by atoms with E-state index >= 15 is 0 Å². The summed E-state index contributed by atoms with van der Waals surface area (Å²) in [5.74, 6) is -3.57. The van der Waals surface area contributed by atoms with Crippen LogP contribution >= 0.6 is 0 Å². The van der Waals surface area contributed by atoms with E-state index < -0.39 is 85.3 Å².